The van der Waals surface area contributed by atoms with Crippen molar-refractivity contribution in [3.63, 3.8) is 0 Å². The molecule has 3 heterocycles. The van der Waals surface area contributed by atoms with Gasteiger partial charge in [0, 0.05) is 53.2 Å². The molecule has 62 heavy (non-hydrogen) atoms. The molecule has 9 aromatic carbocycles. The minimum Gasteiger partial charge on any atom is -0.455 e. The molecule has 12 aromatic rings. The van der Waals surface area contributed by atoms with Crippen LogP contribution in [0, 0.1) is 0 Å². The molecule has 4 nitrogen and oxygen atoms in total. The van der Waals surface area contributed by atoms with Crippen molar-refractivity contribution >= 4 is 53.4 Å². The molecular formula is C57H35N3OS. The third-order valence-electron chi connectivity index (χ3n) is 11.8. The van der Waals surface area contributed by atoms with Gasteiger partial charge in [-0.15, -0.1) is 11.3 Å². The van der Waals surface area contributed by atoms with Gasteiger partial charge in [-0.2, -0.15) is 0 Å². The van der Waals surface area contributed by atoms with Crippen molar-refractivity contribution in [2.75, 3.05) is 0 Å². The normalized spacial score (nSPS) is 11.5. The first-order chi connectivity index (χ1) is 30.7. The number of benzene rings is 9. The lowest BCUT2D eigenvalue weighted by Gasteiger charge is -2.13. The van der Waals surface area contributed by atoms with Gasteiger partial charge in [0.1, 0.15) is 11.2 Å². The van der Waals surface area contributed by atoms with Crippen molar-refractivity contribution in [3.05, 3.63) is 212 Å². The quantitative estimate of drug-likeness (QED) is 0.161. The second-order valence-electron chi connectivity index (χ2n) is 15.5. The lowest BCUT2D eigenvalue weighted by molar-refractivity contribution is 0.670. The Kier molecular flexibility index (Phi) is 8.65. The van der Waals surface area contributed by atoms with Crippen molar-refractivity contribution in [3.8, 4) is 78.7 Å². The van der Waals surface area contributed by atoms with Crippen LogP contribution >= 0.6 is 11.3 Å². The molecule has 0 aliphatic heterocycles. The first-order valence-corrected chi connectivity index (χ1v) is 21.6. The Bertz CT molecular complexity index is 3630. The SMILES string of the molecule is c1ccc(-c2ccc(-c3cccc4c3oc3cccc(-c5nc(-c6ccccc6)nc(-c6cccc(-c7cccc8c7sc7ccccc78)c6)n5)c34)c(-c3ccccc3)c2)cc1. The van der Waals surface area contributed by atoms with Gasteiger partial charge in [-0.1, -0.05) is 188 Å². The number of rotatable bonds is 7. The highest BCUT2D eigenvalue weighted by molar-refractivity contribution is 7.26. The molecule has 5 heteroatoms. The Morgan fingerprint density at radius 1 is 0.323 bits per heavy atom. The van der Waals surface area contributed by atoms with Gasteiger partial charge in [-0.25, -0.2) is 15.0 Å². The Labute approximate surface area is 362 Å². The average Bonchev–Trinajstić information content (AvgIpc) is 3.94. The van der Waals surface area contributed by atoms with E-state index < -0.39 is 0 Å². The van der Waals surface area contributed by atoms with Crippen LogP contribution in [0.3, 0.4) is 0 Å². The summed E-state index contributed by atoms with van der Waals surface area (Å²) in [5.74, 6) is 1.80. The Morgan fingerprint density at radius 2 is 0.903 bits per heavy atom. The van der Waals surface area contributed by atoms with Gasteiger partial charge < -0.3 is 4.42 Å². The maximum Gasteiger partial charge on any atom is 0.164 e. The van der Waals surface area contributed by atoms with Crippen LogP contribution in [-0.2, 0) is 0 Å². The van der Waals surface area contributed by atoms with E-state index in [1.807, 2.05) is 41.7 Å². The van der Waals surface area contributed by atoms with E-state index in [4.69, 9.17) is 19.4 Å². The van der Waals surface area contributed by atoms with Crippen LogP contribution in [-0.4, -0.2) is 15.0 Å². The van der Waals surface area contributed by atoms with Gasteiger partial charge in [0.15, 0.2) is 17.5 Å². The zero-order chi connectivity index (χ0) is 41.0. The standard InChI is InChI=1S/C57H35N3OS/c1-4-16-36(17-5-1)39-32-33-43(49(35-39)37-18-6-2-7-19-37)45-26-14-28-47-52-48(29-15-30-50(52)61-53(45)47)57-59-55(38-20-8-3-9-21-38)58-56(60-57)41-23-12-22-40(34-41)42-25-13-27-46-44-24-10-11-31-51(44)62-54(42)46/h1-35H. The maximum absolute atomic E-state index is 6.89. The summed E-state index contributed by atoms with van der Waals surface area (Å²) in [7, 11) is 0. The number of hydrogen-bond acceptors (Lipinski definition) is 5. The number of furan rings is 1. The predicted molar refractivity (Wildman–Crippen MR) is 258 cm³/mol. The summed E-state index contributed by atoms with van der Waals surface area (Å²) in [4.78, 5) is 15.6. The Balaban J connectivity index is 1.03. The zero-order valence-corrected chi connectivity index (χ0v) is 34.2. The Morgan fingerprint density at radius 3 is 1.71 bits per heavy atom. The highest BCUT2D eigenvalue weighted by Gasteiger charge is 2.21. The molecule has 0 bridgehead atoms. The van der Waals surface area contributed by atoms with E-state index in [1.54, 1.807) is 0 Å². The van der Waals surface area contributed by atoms with Gasteiger partial charge in [-0.3, -0.25) is 0 Å². The molecule has 0 N–H and O–H groups in total. The topological polar surface area (TPSA) is 51.8 Å². The van der Waals surface area contributed by atoms with Crippen molar-refractivity contribution < 1.29 is 4.42 Å². The van der Waals surface area contributed by atoms with Gasteiger partial charge in [0.25, 0.3) is 0 Å². The highest BCUT2D eigenvalue weighted by Crippen LogP contribution is 2.44. The van der Waals surface area contributed by atoms with Crippen molar-refractivity contribution in [2.45, 2.75) is 0 Å². The molecule has 0 aliphatic rings. The third kappa shape index (κ3) is 6.18. The van der Waals surface area contributed by atoms with Gasteiger partial charge >= 0.3 is 0 Å². The van der Waals surface area contributed by atoms with Crippen molar-refractivity contribution in [2.24, 2.45) is 0 Å². The minimum atomic E-state index is 0.585. The smallest absolute Gasteiger partial charge is 0.164 e. The second-order valence-corrected chi connectivity index (χ2v) is 16.5. The Hall–Kier alpha value is -7.99. The zero-order valence-electron chi connectivity index (χ0n) is 33.4. The largest absolute Gasteiger partial charge is 0.455 e. The number of fused-ring (bicyclic) bond motifs is 6. The van der Waals surface area contributed by atoms with Crippen molar-refractivity contribution in [1.82, 2.24) is 15.0 Å². The lowest BCUT2D eigenvalue weighted by Crippen LogP contribution is -2.00. The van der Waals surface area contributed by atoms with Crippen LogP contribution in [0.2, 0.25) is 0 Å². The third-order valence-corrected chi connectivity index (χ3v) is 13.0. The van der Waals surface area contributed by atoms with E-state index in [1.165, 1.54) is 31.3 Å². The maximum atomic E-state index is 6.89. The van der Waals surface area contributed by atoms with Crippen molar-refractivity contribution in [1.29, 1.82) is 0 Å². The van der Waals surface area contributed by atoms with Crippen LogP contribution in [0.1, 0.15) is 0 Å². The fourth-order valence-corrected chi connectivity index (χ4v) is 10.1. The van der Waals surface area contributed by atoms with E-state index in [2.05, 4.69) is 182 Å². The summed E-state index contributed by atoms with van der Waals surface area (Å²) in [6.45, 7) is 0. The van der Waals surface area contributed by atoms with Gasteiger partial charge in [0.05, 0.1) is 0 Å². The molecule has 0 radical (unpaired) electrons. The van der Waals surface area contributed by atoms with E-state index >= 15 is 0 Å². The summed E-state index contributed by atoms with van der Waals surface area (Å²) in [5, 5.41) is 4.52. The number of aromatic nitrogens is 3. The van der Waals surface area contributed by atoms with E-state index in [0.717, 1.165) is 72.0 Å². The molecule has 0 spiro atoms. The van der Waals surface area contributed by atoms with E-state index in [-0.39, 0.29) is 0 Å². The van der Waals surface area contributed by atoms with Crippen LogP contribution < -0.4 is 0 Å². The summed E-state index contributed by atoms with van der Waals surface area (Å²) in [6, 6.07) is 74.4. The molecule has 3 aromatic heterocycles. The summed E-state index contributed by atoms with van der Waals surface area (Å²) in [5.41, 5.74) is 13.4. The molecule has 12 rings (SSSR count). The van der Waals surface area contributed by atoms with Crippen LogP contribution in [0.15, 0.2) is 217 Å². The average molecular weight is 810 g/mol. The molecule has 290 valence electrons. The molecule has 0 saturated heterocycles. The number of hydrogen-bond donors (Lipinski definition) is 0. The van der Waals surface area contributed by atoms with Crippen LogP contribution in [0.4, 0.5) is 0 Å². The molecule has 0 aliphatic carbocycles. The molecule has 0 fully saturated rings. The number of nitrogens with zero attached hydrogens (tertiary/aromatic N) is 3. The first-order valence-electron chi connectivity index (χ1n) is 20.8. The summed E-state index contributed by atoms with van der Waals surface area (Å²) >= 11 is 1.84. The first kappa shape index (κ1) is 35.9. The number of thiophene rings is 1. The van der Waals surface area contributed by atoms with Gasteiger partial charge in [0.2, 0.25) is 0 Å². The second kappa shape index (κ2) is 14.9. The highest BCUT2D eigenvalue weighted by atomic mass is 32.1. The molecular weight excluding hydrogens is 775 g/mol. The van der Waals surface area contributed by atoms with Gasteiger partial charge in [-0.05, 0) is 63.2 Å². The molecule has 0 atom stereocenters. The fourth-order valence-electron chi connectivity index (χ4n) is 8.83. The van der Waals surface area contributed by atoms with E-state index in [0.29, 0.717) is 17.5 Å². The molecule has 0 amide bonds. The number of para-hydroxylation sites is 1. The van der Waals surface area contributed by atoms with Crippen LogP contribution in [0.5, 0.6) is 0 Å². The van der Waals surface area contributed by atoms with Crippen LogP contribution in [0.25, 0.3) is 121 Å². The fraction of sp³-hybridized carbons (Fsp3) is 0. The molecule has 0 saturated carbocycles. The summed E-state index contributed by atoms with van der Waals surface area (Å²) < 4.78 is 9.44. The monoisotopic (exact) mass is 809 g/mol. The lowest BCUT2D eigenvalue weighted by atomic mass is 9.90. The summed E-state index contributed by atoms with van der Waals surface area (Å²) in [6.07, 6.45) is 0. The van der Waals surface area contributed by atoms with E-state index in [9.17, 15) is 0 Å². The minimum absolute atomic E-state index is 0.585. The molecule has 0 unspecified atom stereocenters. The predicted octanol–water partition coefficient (Wildman–Crippen LogP) is 15.8.